The summed E-state index contributed by atoms with van der Waals surface area (Å²) in [6.07, 6.45) is 0.805. The van der Waals surface area contributed by atoms with Crippen molar-refractivity contribution in [2.24, 2.45) is 0 Å². The Morgan fingerprint density at radius 3 is 2.85 bits per heavy atom. The molecule has 1 aromatic carbocycles. The largest absolute Gasteiger partial charge is 0.343 e. The zero-order valence-corrected chi connectivity index (χ0v) is 11.6. The lowest BCUT2D eigenvalue weighted by molar-refractivity contribution is 0.0945. The third kappa shape index (κ3) is 3.64. The van der Waals surface area contributed by atoms with E-state index in [9.17, 15) is 4.79 Å². The molecule has 0 spiro atoms. The molecule has 106 valence electrons. The number of nitrogens with one attached hydrogen (secondary N) is 2. The number of benzene rings is 1. The number of carbonyl (C=O) groups is 1. The molecule has 0 aliphatic heterocycles. The van der Waals surface area contributed by atoms with Crippen molar-refractivity contribution in [2.45, 2.75) is 19.9 Å². The summed E-state index contributed by atoms with van der Waals surface area (Å²) in [5, 5.41) is 9.55. The standard InChI is InChI=1S/C14H18N4O2/c1-10-17-13(20-18-10)9-16-14(19)12-6-4-3-5-11(12)7-8-15-2/h3-6,15H,7-9H2,1-2H3,(H,16,19). The molecule has 0 saturated carbocycles. The van der Waals surface area contributed by atoms with Gasteiger partial charge in [0.1, 0.15) is 0 Å². The highest BCUT2D eigenvalue weighted by Gasteiger charge is 2.11. The summed E-state index contributed by atoms with van der Waals surface area (Å²) < 4.78 is 4.96. The van der Waals surface area contributed by atoms with Gasteiger partial charge in [0.25, 0.3) is 5.91 Å². The maximum Gasteiger partial charge on any atom is 0.251 e. The van der Waals surface area contributed by atoms with E-state index in [4.69, 9.17) is 4.52 Å². The maximum atomic E-state index is 12.2. The Labute approximate surface area is 117 Å². The van der Waals surface area contributed by atoms with E-state index in [-0.39, 0.29) is 12.5 Å². The van der Waals surface area contributed by atoms with E-state index >= 15 is 0 Å². The van der Waals surface area contributed by atoms with E-state index in [2.05, 4.69) is 20.8 Å². The van der Waals surface area contributed by atoms with Crippen molar-refractivity contribution in [2.75, 3.05) is 13.6 Å². The molecule has 0 radical (unpaired) electrons. The van der Waals surface area contributed by atoms with Crippen molar-refractivity contribution in [3.05, 3.63) is 47.1 Å². The number of aryl methyl sites for hydroxylation is 1. The van der Waals surface area contributed by atoms with Gasteiger partial charge in [-0.3, -0.25) is 4.79 Å². The van der Waals surface area contributed by atoms with Crippen LogP contribution in [-0.4, -0.2) is 29.6 Å². The summed E-state index contributed by atoms with van der Waals surface area (Å²) in [5.41, 5.74) is 1.69. The van der Waals surface area contributed by atoms with Crippen LogP contribution in [-0.2, 0) is 13.0 Å². The lowest BCUT2D eigenvalue weighted by Gasteiger charge is -2.08. The van der Waals surface area contributed by atoms with Crippen molar-refractivity contribution in [1.29, 1.82) is 0 Å². The number of rotatable bonds is 6. The molecule has 1 amide bonds. The molecular weight excluding hydrogens is 256 g/mol. The summed E-state index contributed by atoms with van der Waals surface area (Å²) >= 11 is 0. The smallest absolute Gasteiger partial charge is 0.251 e. The van der Waals surface area contributed by atoms with Gasteiger partial charge in [0.2, 0.25) is 5.89 Å². The Morgan fingerprint density at radius 2 is 2.15 bits per heavy atom. The van der Waals surface area contributed by atoms with Gasteiger partial charge in [-0.25, -0.2) is 0 Å². The van der Waals surface area contributed by atoms with Gasteiger partial charge in [-0.1, -0.05) is 23.4 Å². The average Bonchev–Trinajstić information content (AvgIpc) is 2.88. The number of nitrogens with zero attached hydrogens (tertiary/aromatic N) is 2. The fourth-order valence-electron chi connectivity index (χ4n) is 1.88. The molecule has 0 fully saturated rings. The molecule has 20 heavy (non-hydrogen) atoms. The molecule has 6 heteroatoms. The highest BCUT2D eigenvalue weighted by Crippen LogP contribution is 2.09. The number of hydrogen-bond donors (Lipinski definition) is 2. The third-order valence-electron chi connectivity index (χ3n) is 2.88. The van der Waals surface area contributed by atoms with Crippen LogP contribution in [0.3, 0.4) is 0 Å². The molecule has 1 aromatic heterocycles. The fourth-order valence-corrected chi connectivity index (χ4v) is 1.88. The second-order valence-corrected chi connectivity index (χ2v) is 4.43. The zero-order valence-electron chi connectivity index (χ0n) is 11.6. The van der Waals surface area contributed by atoms with Crippen molar-refractivity contribution in [1.82, 2.24) is 20.8 Å². The van der Waals surface area contributed by atoms with Gasteiger partial charge >= 0.3 is 0 Å². The minimum absolute atomic E-state index is 0.132. The van der Waals surface area contributed by atoms with Crippen LogP contribution in [0.5, 0.6) is 0 Å². The van der Waals surface area contributed by atoms with Crippen LogP contribution in [0.2, 0.25) is 0 Å². The zero-order chi connectivity index (χ0) is 14.4. The number of aromatic nitrogens is 2. The second kappa shape index (κ2) is 6.81. The van der Waals surface area contributed by atoms with E-state index in [0.29, 0.717) is 17.3 Å². The molecule has 6 nitrogen and oxygen atoms in total. The van der Waals surface area contributed by atoms with Gasteiger partial charge < -0.3 is 15.2 Å². The lowest BCUT2D eigenvalue weighted by atomic mass is 10.0. The van der Waals surface area contributed by atoms with E-state index in [1.165, 1.54) is 0 Å². The first-order valence-corrected chi connectivity index (χ1v) is 6.50. The van der Waals surface area contributed by atoms with Gasteiger partial charge in [-0.15, -0.1) is 0 Å². The summed E-state index contributed by atoms with van der Waals surface area (Å²) in [6, 6.07) is 7.57. The molecule has 2 N–H and O–H groups in total. The van der Waals surface area contributed by atoms with E-state index < -0.39 is 0 Å². The molecule has 1 heterocycles. The Bertz CT molecular complexity index is 580. The van der Waals surface area contributed by atoms with Crippen LogP contribution in [0.4, 0.5) is 0 Å². The summed E-state index contributed by atoms with van der Waals surface area (Å²) in [6.45, 7) is 2.80. The van der Waals surface area contributed by atoms with Crippen LogP contribution in [0.25, 0.3) is 0 Å². The predicted octanol–water partition coefficient (Wildman–Crippen LogP) is 1.07. The van der Waals surface area contributed by atoms with Crippen molar-refractivity contribution in [3.8, 4) is 0 Å². The second-order valence-electron chi connectivity index (χ2n) is 4.43. The van der Waals surface area contributed by atoms with Gasteiger partial charge in [-0.05, 0) is 38.6 Å². The van der Waals surface area contributed by atoms with Crippen LogP contribution in [0, 0.1) is 6.92 Å². The van der Waals surface area contributed by atoms with Crippen molar-refractivity contribution in [3.63, 3.8) is 0 Å². The number of carbonyl (C=O) groups excluding carboxylic acids is 1. The van der Waals surface area contributed by atoms with E-state index in [1.54, 1.807) is 6.92 Å². The SMILES string of the molecule is CNCCc1ccccc1C(=O)NCc1nc(C)no1. The molecule has 0 atom stereocenters. The third-order valence-corrected chi connectivity index (χ3v) is 2.88. The number of hydrogen-bond acceptors (Lipinski definition) is 5. The summed E-state index contributed by atoms with van der Waals surface area (Å²) in [7, 11) is 1.89. The van der Waals surface area contributed by atoms with Crippen molar-refractivity contribution >= 4 is 5.91 Å². The van der Waals surface area contributed by atoms with E-state index in [1.807, 2.05) is 31.3 Å². The molecule has 2 rings (SSSR count). The Kier molecular flexibility index (Phi) is 4.84. The van der Waals surface area contributed by atoms with Gasteiger partial charge in [0.15, 0.2) is 5.82 Å². The average molecular weight is 274 g/mol. The molecule has 0 unspecified atom stereocenters. The Balaban J connectivity index is 2.01. The molecule has 0 saturated heterocycles. The first-order chi connectivity index (χ1) is 9.70. The molecule has 0 aliphatic rings. The minimum atomic E-state index is -0.132. The highest BCUT2D eigenvalue weighted by atomic mass is 16.5. The van der Waals surface area contributed by atoms with Crippen LogP contribution in [0.15, 0.2) is 28.8 Å². The summed E-state index contributed by atoms with van der Waals surface area (Å²) in [5.74, 6) is 0.833. The number of likely N-dealkylation sites (N-methyl/N-ethyl adjacent to an activating group) is 1. The molecule has 0 bridgehead atoms. The Morgan fingerprint density at radius 1 is 1.35 bits per heavy atom. The maximum absolute atomic E-state index is 12.2. The predicted molar refractivity (Wildman–Crippen MR) is 74.3 cm³/mol. The van der Waals surface area contributed by atoms with Crippen molar-refractivity contribution < 1.29 is 9.32 Å². The Hall–Kier alpha value is -2.21. The van der Waals surface area contributed by atoms with Gasteiger partial charge in [-0.2, -0.15) is 4.98 Å². The minimum Gasteiger partial charge on any atom is -0.343 e. The molecule has 0 aliphatic carbocycles. The van der Waals surface area contributed by atoms with Crippen LogP contribution >= 0.6 is 0 Å². The first-order valence-electron chi connectivity index (χ1n) is 6.50. The normalized spacial score (nSPS) is 10.5. The topological polar surface area (TPSA) is 80.0 Å². The van der Waals surface area contributed by atoms with Gasteiger partial charge in [0, 0.05) is 5.56 Å². The van der Waals surface area contributed by atoms with Crippen LogP contribution in [0.1, 0.15) is 27.6 Å². The molecular formula is C14H18N4O2. The first kappa shape index (κ1) is 14.2. The van der Waals surface area contributed by atoms with Crippen LogP contribution < -0.4 is 10.6 Å². The highest BCUT2D eigenvalue weighted by molar-refractivity contribution is 5.95. The summed E-state index contributed by atoms with van der Waals surface area (Å²) in [4.78, 5) is 16.2. The fraction of sp³-hybridized carbons (Fsp3) is 0.357. The number of amides is 1. The van der Waals surface area contributed by atoms with E-state index in [0.717, 1.165) is 18.5 Å². The van der Waals surface area contributed by atoms with Gasteiger partial charge in [0.05, 0.1) is 6.54 Å². The molecule has 2 aromatic rings. The lowest BCUT2D eigenvalue weighted by Crippen LogP contribution is -2.25. The monoisotopic (exact) mass is 274 g/mol. The quantitative estimate of drug-likeness (QED) is 0.823.